The normalized spacial score (nSPS) is 16.2. The van der Waals surface area contributed by atoms with E-state index in [1.165, 1.54) is 17.8 Å². The average Bonchev–Trinajstić information content (AvgIpc) is 2.69. The minimum atomic E-state index is -4.36. The van der Waals surface area contributed by atoms with Crippen molar-refractivity contribution in [2.75, 3.05) is 31.1 Å². The van der Waals surface area contributed by atoms with Crippen molar-refractivity contribution in [2.24, 2.45) is 0 Å². The van der Waals surface area contributed by atoms with Gasteiger partial charge in [-0.15, -0.1) is 11.8 Å². The van der Waals surface area contributed by atoms with Crippen molar-refractivity contribution in [3.8, 4) is 0 Å². The van der Waals surface area contributed by atoms with Crippen LogP contribution in [0.1, 0.15) is 12.5 Å². The molecule has 1 atom stereocenters. The molecule has 1 aliphatic rings. The zero-order valence-corrected chi connectivity index (χ0v) is 16.8. The Morgan fingerprint density at radius 1 is 1.07 bits per heavy atom. The van der Waals surface area contributed by atoms with Crippen molar-refractivity contribution in [1.29, 1.82) is 0 Å². The van der Waals surface area contributed by atoms with Gasteiger partial charge in [0.05, 0.1) is 10.8 Å². The highest BCUT2D eigenvalue weighted by Crippen LogP contribution is 2.32. The van der Waals surface area contributed by atoms with Crippen LogP contribution in [0.2, 0.25) is 5.02 Å². The molecule has 0 bridgehead atoms. The molecule has 150 valence electrons. The first-order chi connectivity index (χ1) is 13.2. The Morgan fingerprint density at radius 3 is 2.32 bits per heavy atom. The van der Waals surface area contributed by atoms with Crippen molar-refractivity contribution in [3.63, 3.8) is 0 Å². The number of rotatable bonds is 4. The second-order valence-electron chi connectivity index (χ2n) is 6.57. The van der Waals surface area contributed by atoms with E-state index in [9.17, 15) is 18.0 Å². The third-order valence-electron chi connectivity index (χ3n) is 4.60. The maximum Gasteiger partial charge on any atom is 0.416 e. The Balaban J connectivity index is 1.57. The molecule has 1 aliphatic heterocycles. The summed E-state index contributed by atoms with van der Waals surface area (Å²) >= 11 is 7.35. The first-order valence-corrected chi connectivity index (χ1v) is 10.1. The molecule has 3 rings (SSSR count). The number of carbonyl (C=O) groups excluding carboxylic acids is 1. The summed E-state index contributed by atoms with van der Waals surface area (Å²) in [5.74, 6) is 0.0312. The van der Waals surface area contributed by atoms with Crippen LogP contribution in [0.3, 0.4) is 0 Å². The van der Waals surface area contributed by atoms with E-state index in [4.69, 9.17) is 11.6 Å². The molecule has 1 heterocycles. The summed E-state index contributed by atoms with van der Waals surface area (Å²) in [6.07, 6.45) is -4.36. The molecular weight excluding hydrogens is 409 g/mol. The van der Waals surface area contributed by atoms with Crippen molar-refractivity contribution < 1.29 is 18.0 Å². The van der Waals surface area contributed by atoms with Gasteiger partial charge < -0.3 is 9.80 Å². The minimum absolute atomic E-state index is 0.0312. The van der Waals surface area contributed by atoms with Gasteiger partial charge >= 0.3 is 6.18 Å². The van der Waals surface area contributed by atoms with Crippen LogP contribution in [0.25, 0.3) is 0 Å². The number of halogens is 4. The lowest BCUT2D eigenvalue weighted by Crippen LogP contribution is -2.50. The SMILES string of the molecule is C[C@@H](Sc1ccc(Cl)cc1)C(=O)N1CCN(c2cccc(C(F)(F)F)c2)CC1. The van der Waals surface area contributed by atoms with E-state index in [1.807, 2.05) is 24.0 Å². The molecule has 3 nitrogen and oxygen atoms in total. The Kier molecular flexibility index (Phi) is 6.45. The predicted octanol–water partition coefficient (Wildman–Crippen LogP) is 5.19. The molecular formula is C20H20ClF3N2OS. The third-order valence-corrected chi connectivity index (χ3v) is 5.96. The number of hydrogen-bond donors (Lipinski definition) is 0. The highest BCUT2D eigenvalue weighted by atomic mass is 35.5. The van der Waals surface area contributed by atoms with E-state index < -0.39 is 11.7 Å². The van der Waals surface area contributed by atoms with Crippen LogP contribution in [0, 0.1) is 0 Å². The molecule has 28 heavy (non-hydrogen) atoms. The number of thioether (sulfide) groups is 1. The monoisotopic (exact) mass is 428 g/mol. The van der Waals surface area contributed by atoms with E-state index in [2.05, 4.69) is 0 Å². The number of amides is 1. The quantitative estimate of drug-likeness (QED) is 0.626. The van der Waals surface area contributed by atoms with Gasteiger partial charge in [0, 0.05) is 41.8 Å². The molecule has 8 heteroatoms. The zero-order valence-electron chi connectivity index (χ0n) is 15.2. The maximum atomic E-state index is 12.9. The molecule has 0 aromatic heterocycles. The molecule has 1 amide bonds. The lowest BCUT2D eigenvalue weighted by atomic mass is 10.1. The van der Waals surface area contributed by atoms with Crippen LogP contribution in [-0.2, 0) is 11.0 Å². The molecule has 0 unspecified atom stereocenters. The Labute approximate surface area is 171 Å². The summed E-state index contributed by atoms with van der Waals surface area (Å²) in [7, 11) is 0. The average molecular weight is 429 g/mol. The van der Waals surface area contributed by atoms with Gasteiger partial charge in [-0.3, -0.25) is 4.79 Å². The first-order valence-electron chi connectivity index (χ1n) is 8.87. The number of carbonyl (C=O) groups is 1. The van der Waals surface area contributed by atoms with E-state index in [0.717, 1.165) is 17.0 Å². The summed E-state index contributed by atoms with van der Waals surface area (Å²) in [5, 5.41) is 0.398. The van der Waals surface area contributed by atoms with Gasteiger partial charge in [-0.1, -0.05) is 17.7 Å². The predicted molar refractivity (Wildman–Crippen MR) is 107 cm³/mol. The van der Waals surface area contributed by atoms with Gasteiger partial charge in [-0.25, -0.2) is 0 Å². The van der Waals surface area contributed by atoms with Crippen LogP contribution in [0.15, 0.2) is 53.4 Å². The molecule has 1 saturated heterocycles. The maximum absolute atomic E-state index is 12.9. The number of nitrogens with zero attached hydrogens (tertiary/aromatic N) is 2. The molecule has 1 fully saturated rings. The Hall–Kier alpha value is -1.86. The number of piperazine rings is 1. The highest BCUT2D eigenvalue weighted by Gasteiger charge is 2.31. The lowest BCUT2D eigenvalue weighted by Gasteiger charge is -2.37. The second kappa shape index (κ2) is 8.66. The van der Waals surface area contributed by atoms with Gasteiger partial charge in [0.1, 0.15) is 0 Å². The first kappa shape index (κ1) is 20.9. The topological polar surface area (TPSA) is 23.6 Å². The van der Waals surface area contributed by atoms with Gasteiger partial charge in [0.15, 0.2) is 0 Å². The van der Waals surface area contributed by atoms with Crippen molar-refractivity contribution in [2.45, 2.75) is 23.2 Å². The third kappa shape index (κ3) is 5.14. The van der Waals surface area contributed by atoms with Crippen molar-refractivity contribution in [1.82, 2.24) is 4.90 Å². The van der Waals surface area contributed by atoms with Crippen molar-refractivity contribution >= 4 is 35.0 Å². The zero-order chi connectivity index (χ0) is 20.3. The number of hydrogen-bond acceptors (Lipinski definition) is 3. The Bertz CT molecular complexity index is 821. The van der Waals surface area contributed by atoms with Gasteiger partial charge in [0.2, 0.25) is 5.91 Å². The van der Waals surface area contributed by atoms with Gasteiger partial charge in [-0.2, -0.15) is 13.2 Å². The van der Waals surface area contributed by atoms with E-state index in [0.29, 0.717) is 36.9 Å². The molecule has 0 saturated carbocycles. The van der Waals surface area contributed by atoms with Crippen LogP contribution in [0.4, 0.5) is 18.9 Å². The van der Waals surface area contributed by atoms with Gasteiger partial charge in [-0.05, 0) is 49.4 Å². The number of alkyl halides is 3. The Morgan fingerprint density at radius 2 is 1.71 bits per heavy atom. The second-order valence-corrected chi connectivity index (χ2v) is 8.43. The van der Waals surface area contributed by atoms with E-state index in [-0.39, 0.29) is 11.2 Å². The summed E-state index contributed by atoms with van der Waals surface area (Å²) in [6, 6.07) is 12.6. The van der Waals surface area contributed by atoms with Crippen LogP contribution < -0.4 is 4.90 Å². The molecule has 0 radical (unpaired) electrons. The fourth-order valence-electron chi connectivity index (χ4n) is 3.09. The fourth-order valence-corrected chi connectivity index (χ4v) is 4.17. The molecule has 0 aliphatic carbocycles. The summed E-state index contributed by atoms with van der Waals surface area (Å²) < 4.78 is 38.7. The highest BCUT2D eigenvalue weighted by molar-refractivity contribution is 8.00. The van der Waals surface area contributed by atoms with Crippen LogP contribution in [0.5, 0.6) is 0 Å². The molecule has 2 aromatic carbocycles. The fraction of sp³-hybridized carbons (Fsp3) is 0.350. The molecule has 0 spiro atoms. The van der Waals surface area contributed by atoms with E-state index in [1.54, 1.807) is 23.1 Å². The standard InChI is InChI=1S/C20H20ClF3N2OS/c1-14(28-18-7-5-16(21)6-8-18)19(27)26-11-9-25(10-12-26)17-4-2-3-15(13-17)20(22,23)24/h2-8,13-14H,9-12H2,1H3/t14-/m1/s1. The number of anilines is 1. The van der Waals surface area contributed by atoms with E-state index >= 15 is 0 Å². The minimum Gasteiger partial charge on any atom is -0.368 e. The van der Waals surface area contributed by atoms with Crippen LogP contribution in [-0.4, -0.2) is 42.2 Å². The van der Waals surface area contributed by atoms with Gasteiger partial charge in [0.25, 0.3) is 0 Å². The summed E-state index contributed by atoms with van der Waals surface area (Å²) in [6.45, 7) is 3.85. The molecule has 0 N–H and O–H groups in total. The molecule has 2 aromatic rings. The number of benzene rings is 2. The van der Waals surface area contributed by atoms with Crippen LogP contribution >= 0.6 is 23.4 Å². The summed E-state index contributed by atoms with van der Waals surface area (Å²) in [5.41, 5.74) is -0.123. The smallest absolute Gasteiger partial charge is 0.368 e. The van der Waals surface area contributed by atoms with Crippen molar-refractivity contribution in [3.05, 3.63) is 59.1 Å². The largest absolute Gasteiger partial charge is 0.416 e. The summed E-state index contributed by atoms with van der Waals surface area (Å²) in [4.78, 5) is 17.3. The lowest BCUT2D eigenvalue weighted by molar-refractivity contribution is -0.137.